The van der Waals surface area contributed by atoms with Crippen LogP contribution < -0.4 is 0 Å². The lowest BCUT2D eigenvalue weighted by Crippen LogP contribution is -2.05. The summed E-state index contributed by atoms with van der Waals surface area (Å²) in [7, 11) is 0. The molecule has 8 nitrogen and oxygen atoms in total. The van der Waals surface area contributed by atoms with Crippen molar-refractivity contribution in [2.75, 3.05) is 0 Å². The van der Waals surface area contributed by atoms with E-state index in [9.17, 15) is 31.6 Å². The molecule has 10 aromatic carbocycles. The zero-order valence-electron chi connectivity index (χ0n) is 39.2. The van der Waals surface area contributed by atoms with Crippen LogP contribution in [0.4, 0.5) is 0 Å². The quantitative estimate of drug-likeness (QED) is 0.155. The second kappa shape index (κ2) is 17.9. The molecule has 2 aromatic heterocycles. The lowest BCUT2D eigenvalue weighted by Gasteiger charge is -2.20. The fraction of sp³-hybridized carbons (Fsp3) is 0. The van der Waals surface area contributed by atoms with Crippen LogP contribution in [0.2, 0.25) is 0 Å². The minimum Gasteiger partial charge on any atom is -0.307 e. The summed E-state index contributed by atoms with van der Waals surface area (Å²) >= 11 is 0. The largest absolute Gasteiger partial charge is 0.307 e. The fourth-order valence-electron chi connectivity index (χ4n) is 10.3. The first-order valence-corrected chi connectivity index (χ1v) is 23.6. The van der Waals surface area contributed by atoms with E-state index in [1.165, 1.54) is 0 Å². The summed E-state index contributed by atoms with van der Waals surface area (Å²) in [5.74, 6) is 0. The number of hydrogen-bond donors (Lipinski definition) is 0. The Kier molecular flexibility index (Phi) is 10.7. The number of nitrogens with zero attached hydrogens (tertiary/aromatic N) is 8. The van der Waals surface area contributed by atoms with Gasteiger partial charge in [0.1, 0.15) is 0 Å². The molecule has 0 fully saturated rings. The molecule has 0 bridgehead atoms. The second-order valence-electron chi connectivity index (χ2n) is 18.0. The highest BCUT2D eigenvalue weighted by molar-refractivity contribution is 6.14. The van der Waals surface area contributed by atoms with E-state index < -0.39 is 0 Å². The van der Waals surface area contributed by atoms with Crippen molar-refractivity contribution in [3.05, 3.63) is 240 Å². The zero-order chi connectivity index (χ0) is 50.5. The third kappa shape index (κ3) is 7.44. The van der Waals surface area contributed by atoms with Gasteiger partial charge in [0, 0.05) is 27.1 Å². The van der Waals surface area contributed by atoms with Crippen molar-refractivity contribution in [3.8, 4) is 103 Å². The molecule has 0 aliphatic rings. The molecule has 2 heterocycles. The van der Waals surface area contributed by atoms with Gasteiger partial charge in [-0.3, -0.25) is 0 Å². The molecule has 0 unspecified atom stereocenters. The van der Waals surface area contributed by atoms with E-state index in [1.807, 2.05) is 121 Å². The number of nitriles is 6. The zero-order valence-corrected chi connectivity index (χ0v) is 39.2. The number of rotatable bonds is 7. The van der Waals surface area contributed by atoms with Crippen LogP contribution in [0.1, 0.15) is 33.4 Å². The van der Waals surface area contributed by atoms with Gasteiger partial charge in [0.15, 0.2) is 0 Å². The highest BCUT2D eigenvalue weighted by Crippen LogP contribution is 2.44. The number of benzene rings is 10. The van der Waals surface area contributed by atoms with Crippen LogP contribution in [0.3, 0.4) is 0 Å². The molecule has 0 saturated heterocycles. The molecule has 12 rings (SSSR count). The SMILES string of the molecule is N#Cc1ccc(-c2ccc3c(c2)c2cc(-c4ccc(C#N)cc4)ccc2n3-c2cc(C#N)c(-c3cccc(C#N)c3)cc2-n2c3ccc(-c4ccc(C#N)cc4)cc3c3cc(-c4ccc(C#N)cc4)ccc32)cc1. The number of fused-ring (bicyclic) bond motifs is 6. The normalized spacial score (nSPS) is 10.9. The van der Waals surface area contributed by atoms with Crippen LogP contribution in [0, 0.1) is 68.0 Å². The molecule has 0 amide bonds. The van der Waals surface area contributed by atoms with Crippen molar-refractivity contribution >= 4 is 43.6 Å². The summed E-state index contributed by atoms with van der Waals surface area (Å²) in [5.41, 5.74) is 17.4. The highest BCUT2D eigenvalue weighted by atomic mass is 15.1. The van der Waals surface area contributed by atoms with Crippen LogP contribution in [0.5, 0.6) is 0 Å². The molecule has 0 aliphatic heterocycles. The average molecular weight is 939 g/mol. The molecule has 8 heteroatoms. The Labute approximate surface area is 425 Å². The van der Waals surface area contributed by atoms with Crippen molar-refractivity contribution < 1.29 is 0 Å². The molecule has 0 atom stereocenters. The van der Waals surface area contributed by atoms with E-state index in [0.717, 1.165) is 105 Å². The maximum Gasteiger partial charge on any atom is 0.0998 e. The Morgan fingerprint density at radius 3 is 0.865 bits per heavy atom. The van der Waals surface area contributed by atoms with E-state index in [-0.39, 0.29) is 0 Å². The van der Waals surface area contributed by atoms with Gasteiger partial charge in [-0.1, -0.05) is 84.9 Å². The molecule has 74 heavy (non-hydrogen) atoms. The third-order valence-corrected chi connectivity index (χ3v) is 13.9. The van der Waals surface area contributed by atoms with E-state index in [4.69, 9.17) is 0 Å². The maximum atomic E-state index is 11.2. The number of hydrogen-bond acceptors (Lipinski definition) is 6. The Morgan fingerprint density at radius 1 is 0.243 bits per heavy atom. The van der Waals surface area contributed by atoms with Crippen LogP contribution >= 0.6 is 0 Å². The lowest BCUT2D eigenvalue weighted by molar-refractivity contribution is 1.09. The molecule has 0 saturated carbocycles. The van der Waals surface area contributed by atoms with E-state index in [1.54, 1.807) is 6.07 Å². The van der Waals surface area contributed by atoms with Crippen LogP contribution in [-0.2, 0) is 0 Å². The lowest BCUT2D eigenvalue weighted by atomic mass is 9.96. The van der Waals surface area contributed by atoms with Gasteiger partial charge < -0.3 is 9.13 Å². The molecule has 12 aromatic rings. The van der Waals surface area contributed by atoms with Crippen LogP contribution in [0.15, 0.2) is 206 Å². The van der Waals surface area contributed by atoms with Crippen molar-refractivity contribution in [3.63, 3.8) is 0 Å². The first-order valence-electron chi connectivity index (χ1n) is 23.6. The van der Waals surface area contributed by atoms with E-state index >= 15 is 0 Å². The van der Waals surface area contributed by atoms with Gasteiger partial charge in [0.2, 0.25) is 0 Å². The minimum atomic E-state index is 0.421. The molecule has 0 radical (unpaired) electrons. The highest BCUT2D eigenvalue weighted by Gasteiger charge is 2.24. The Balaban J connectivity index is 1.19. The van der Waals surface area contributed by atoms with E-state index in [2.05, 4.69) is 124 Å². The molecular weight excluding hydrogens is 905 g/mol. The predicted molar refractivity (Wildman–Crippen MR) is 291 cm³/mol. The summed E-state index contributed by atoms with van der Waals surface area (Å²) in [5, 5.41) is 63.5. The van der Waals surface area contributed by atoms with Gasteiger partial charge in [-0.2, -0.15) is 31.6 Å². The Morgan fingerprint density at radius 2 is 0.554 bits per heavy atom. The topological polar surface area (TPSA) is 153 Å². The second-order valence-corrected chi connectivity index (χ2v) is 18.0. The van der Waals surface area contributed by atoms with Crippen molar-refractivity contribution in [1.29, 1.82) is 31.6 Å². The van der Waals surface area contributed by atoms with Gasteiger partial charge >= 0.3 is 0 Å². The molecular formula is C66H34N8. The van der Waals surface area contributed by atoms with Gasteiger partial charge in [0.05, 0.1) is 103 Å². The molecule has 0 aliphatic carbocycles. The third-order valence-electron chi connectivity index (χ3n) is 13.9. The van der Waals surface area contributed by atoms with Gasteiger partial charge in [-0.05, 0) is 171 Å². The molecule has 0 N–H and O–H groups in total. The first-order chi connectivity index (χ1) is 36.4. The minimum absolute atomic E-state index is 0.421. The summed E-state index contributed by atoms with van der Waals surface area (Å²) in [6.45, 7) is 0. The Bertz CT molecular complexity index is 4340. The maximum absolute atomic E-state index is 11.2. The summed E-state index contributed by atoms with van der Waals surface area (Å²) in [4.78, 5) is 0. The summed E-state index contributed by atoms with van der Waals surface area (Å²) in [6.07, 6.45) is 0. The van der Waals surface area contributed by atoms with Crippen molar-refractivity contribution in [2.24, 2.45) is 0 Å². The summed E-state index contributed by atoms with van der Waals surface area (Å²) < 4.78 is 4.49. The molecule has 338 valence electrons. The van der Waals surface area contributed by atoms with Crippen molar-refractivity contribution in [1.82, 2.24) is 9.13 Å². The van der Waals surface area contributed by atoms with Crippen LogP contribution in [-0.4, -0.2) is 9.13 Å². The Hall–Kier alpha value is -11.3. The smallest absolute Gasteiger partial charge is 0.0998 e. The van der Waals surface area contributed by atoms with E-state index in [0.29, 0.717) is 38.9 Å². The van der Waals surface area contributed by atoms with Crippen LogP contribution in [0.25, 0.3) is 111 Å². The monoisotopic (exact) mass is 938 g/mol. The first kappa shape index (κ1) is 44.0. The molecule has 0 spiro atoms. The summed E-state index contributed by atoms with van der Waals surface area (Å²) in [6, 6.07) is 80.9. The van der Waals surface area contributed by atoms with Gasteiger partial charge in [0.25, 0.3) is 0 Å². The van der Waals surface area contributed by atoms with Gasteiger partial charge in [-0.15, -0.1) is 0 Å². The predicted octanol–water partition coefficient (Wildman–Crippen LogP) is 15.4. The van der Waals surface area contributed by atoms with Crippen molar-refractivity contribution in [2.45, 2.75) is 0 Å². The number of aromatic nitrogens is 2. The standard InChI is InChI=1S/C66H34N8/c67-35-41-4-12-46(13-5-41)50-20-24-61-57(29-50)58-30-51(47-14-6-42(36-68)7-15-47)21-25-62(58)73(61)65-33-55(40-72)56(54-3-1-2-45(28-54)39-71)34-66(65)74-63-26-22-52(48-16-8-43(37-69)9-17-48)31-59(63)60-32-53(23-27-64(60)74)49-18-10-44(38-70)11-19-49/h1-34H. The fourth-order valence-corrected chi connectivity index (χ4v) is 10.3. The average Bonchev–Trinajstić information content (AvgIpc) is 3.98. The van der Waals surface area contributed by atoms with Gasteiger partial charge in [-0.25, -0.2) is 0 Å².